The molecule has 150 valence electrons. The molecule has 0 aliphatic heterocycles. The number of rotatable bonds is 8. The molecule has 7 heteroatoms. The number of Topliss-reactive ketones (excluding diaryl/α,β-unsaturated/α-hetero) is 1. The fourth-order valence-corrected chi connectivity index (χ4v) is 3.19. The smallest absolute Gasteiger partial charge is 0.340 e. The second kappa shape index (κ2) is 9.32. The van der Waals surface area contributed by atoms with E-state index in [0.717, 1.165) is 5.56 Å². The molecule has 28 heavy (non-hydrogen) atoms. The second-order valence-electron chi connectivity index (χ2n) is 6.72. The van der Waals surface area contributed by atoms with Crippen molar-refractivity contribution in [2.45, 2.75) is 27.3 Å². The molecule has 0 atom stereocenters. The van der Waals surface area contributed by atoms with Crippen LogP contribution in [-0.4, -0.2) is 54.8 Å². The van der Waals surface area contributed by atoms with Crippen LogP contribution in [0.2, 0.25) is 0 Å². The average Bonchev–Trinajstić information content (AvgIpc) is 2.95. The van der Waals surface area contributed by atoms with Gasteiger partial charge >= 0.3 is 5.97 Å². The number of aryl methyl sites for hydroxylation is 2. The van der Waals surface area contributed by atoms with Gasteiger partial charge in [0.05, 0.1) is 24.3 Å². The van der Waals surface area contributed by atoms with Gasteiger partial charge in [-0.05, 0) is 45.5 Å². The van der Waals surface area contributed by atoms with Crippen molar-refractivity contribution in [1.29, 1.82) is 0 Å². The Hall–Kier alpha value is -2.93. The fraction of sp³-hybridized carbons (Fsp3) is 0.381. The SMILES string of the molecule is CCOC(=O)c1c(C)[nH]c(C)c1C(=O)CN(C)Cc1ccc(C(=O)NC)cc1. The van der Waals surface area contributed by atoms with Gasteiger partial charge in [0.2, 0.25) is 0 Å². The van der Waals surface area contributed by atoms with Crippen LogP contribution in [0, 0.1) is 13.8 Å². The molecule has 1 heterocycles. The normalized spacial score (nSPS) is 10.8. The van der Waals surface area contributed by atoms with Crippen LogP contribution in [0.4, 0.5) is 0 Å². The first-order valence-electron chi connectivity index (χ1n) is 9.17. The number of likely N-dealkylation sites (N-methyl/N-ethyl adjacent to an activating group) is 1. The van der Waals surface area contributed by atoms with Crippen LogP contribution >= 0.6 is 0 Å². The number of benzene rings is 1. The highest BCUT2D eigenvalue weighted by molar-refractivity contribution is 6.09. The molecular weight excluding hydrogens is 358 g/mol. The van der Waals surface area contributed by atoms with E-state index in [1.165, 1.54) is 0 Å². The molecule has 0 aliphatic rings. The number of esters is 1. The van der Waals surface area contributed by atoms with E-state index in [0.29, 0.717) is 34.6 Å². The van der Waals surface area contributed by atoms with Crippen LogP contribution in [0.1, 0.15) is 54.9 Å². The molecule has 1 amide bonds. The fourth-order valence-electron chi connectivity index (χ4n) is 3.19. The van der Waals surface area contributed by atoms with Crippen LogP contribution in [0.15, 0.2) is 24.3 Å². The number of carbonyl (C=O) groups excluding carboxylic acids is 3. The van der Waals surface area contributed by atoms with Crippen molar-refractivity contribution in [1.82, 2.24) is 15.2 Å². The van der Waals surface area contributed by atoms with Gasteiger partial charge in [0.25, 0.3) is 5.91 Å². The van der Waals surface area contributed by atoms with Gasteiger partial charge in [0.1, 0.15) is 0 Å². The topological polar surface area (TPSA) is 91.5 Å². The number of H-pyrrole nitrogens is 1. The van der Waals surface area contributed by atoms with Gasteiger partial charge in [-0.3, -0.25) is 14.5 Å². The highest BCUT2D eigenvalue weighted by Crippen LogP contribution is 2.21. The van der Waals surface area contributed by atoms with Gasteiger partial charge in [-0.1, -0.05) is 12.1 Å². The lowest BCUT2D eigenvalue weighted by Crippen LogP contribution is -2.27. The summed E-state index contributed by atoms with van der Waals surface area (Å²) in [6.07, 6.45) is 0. The third-order valence-electron chi connectivity index (χ3n) is 4.44. The van der Waals surface area contributed by atoms with Gasteiger partial charge in [-0.2, -0.15) is 0 Å². The van der Waals surface area contributed by atoms with Gasteiger partial charge in [0, 0.05) is 30.5 Å². The van der Waals surface area contributed by atoms with Crippen LogP contribution in [0.3, 0.4) is 0 Å². The minimum atomic E-state index is -0.486. The van der Waals surface area contributed by atoms with E-state index in [4.69, 9.17) is 4.74 Å². The lowest BCUT2D eigenvalue weighted by molar-refractivity contribution is 0.0522. The Morgan fingerprint density at radius 3 is 2.25 bits per heavy atom. The van der Waals surface area contributed by atoms with Crippen molar-refractivity contribution in [2.75, 3.05) is 27.2 Å². The summed E-state index contributed by atoms with van der Waals surface area (Å²) in [5.74, 6) is -0.769. The molecule has 7 nitrogen and oxygen atoms in total. The Morgan fingerprint density at radius 1 is 1.07 bits per heavy atom. The molecule has 0 spiro atoms. The summed E-state index contributed by atoms with van der Waals surface area (Å²) in [7, 11) is 3.42. The van der Waals surface area contributed by atoms with Crippen LogP contribution < -0.4 is 5.32 Å². The van der Waals surface area contributed by atoms with Crippen LogP contribution in [-0.2, 0) is 11.3 Å². The van der Waals surface area contributed by atoms with Gasteiger partial charge in [-0.25, -0.2) is 4.79 Å². The summed E-state index contributed by atoms with van der Waals surface area (Å²) >= 11 is 0. The Bertz CT molecular complexity index is 869. The first-order chi connectivity index (χ1) is 13.3. The summed E-state index contributed by atoms with van der Waals surface area (Å²) in [6, 6.07) is 7.23. The first-order valence-corrected chi connectivity index (χ1v) is 9.17. The predicted molar refractivity (Wildman–Crippen MR) is 107 cm³/mol. The van der Waals surface area contributed by atoms with E-state index in [1.807, 2.05) is 24.1 Å². The maximum atomic E-state index is 12.9. The van der Waals surface area contributed by atoms with E-state index in [9.17, 15) is 14.4 Å². The maximum Gasteiger partial charge on any atom is 0.340 e. The highest BCUT2D eigenvalue weighted by atomic mass is 16.5. The molecule has 0 saturated heterocycles. The van der Waals surface area contributed by atoms with E-state index < -0.39 is 5.97 Å². The molecule has 0 aliphatic carbocycles. The number of aromatic amines is 1. The van der Waals surface area contributed by atoms with E-state index >= 15 is 0 Å². The number of nitrogens with one attached hydrogen (secondary N) is 2. The molecule has 2 N–H and O–H groups in total. The molecule has 0 fully saturated rings. The number of carbonyl (C=O) groups is 3. The van der Waals surface area contributed by atoms with Crippen molar-refractivity contribution in [2.24, 2.45) is 0 Å². The van der Waals surface area contributed by atoms with Crippen molar-refractivity contribution in [3.8, 4) is 0 Å². The number of ether oxygens (including phenoxy) is 1. The largest absolute Gasteiger partial charge is 0.462 e. The lowest BCUT2D eigenvalue weighted by Gasteiger charge is -2.16. The number of nitrogens with zero attached hydrogens (tertiary/aromatic N) is 1. The molecule has 0 radical (unpaired) electrons. The molecule has 0 bridgehead atoms. The summed E-state index contributed by atoms with van der Waals surface area (Å²) < 4.78 is 5.10. The minimum absolute atomic E-state index is 0.139. The zero-order valence-electron chi connectivity index (χ0n) is 17.0. The maximum absolute atomic E-state index is 12.9. The number of hydrogen-bond acceptors (Lipinski definition) is 5. The van der Waals surface area contributed by atoms with E-state index in [1.54, 1.807) is 40.0 Å². The average molecular weight is 385 g/mol. The van der Waals surface area contributed by atoms with Crippen LogP contribution in [0.5, 0.6) is 0 Å². The van der Waals surface area contributed by atoms with Crippen molar-refractivity contribution in [3.63, 3.8) is 0 Å². The second-order valence-corrected chi connectivity index (χ2v) is 6.72. The summed E-state index contributed by atoms with van der Waals surface area (Å²) in [6.45, 7) is 6.21. The Morgan fingerprint density at radius 2 is 1.68 bits per heavy atom. The Kier molecular flexibility index (Phi) is 7.12. The molecule has 2 aromatic rings. The van der Waals surface area contributed by atoms with Gasteiger partial charge in [0.15, 0.2) is 5.78 Å². The number of hydrogen-bond donors (Lipinski definition) is 2. The third-order valence-corrected chi connectivity index (χ3v) is 4.44. The number of ketones is 1. The Balaban J connectivity index is 2.10. The summed E-state index contributed by atoms with van der Waals surface area (Å²) in [4.78, 5) is 41.7. The van der Waals surface area contributed by atoms with Crippen LogP contribution in [0.25, 0.3) is 0 Å². The summed E-state index contributed by atoms with van der Waals surface area (Å²) in [5.41, 5.74) is 3.56. The highest BCUT2D eigenvalue weighted by Gasteiger charge is 2.25. The first kappa shape index (κ1) is 21.4. The van der Waals surface area contributed by atoms with Gasteiger partial charge in [-0.15, -0.1) is 0 Å². The molecule has 1 aromatic heterocycles. The van der Waals surface area contributed by atoms with E-state index in [-0.39, 0.29) is 24.8 Å². The minimum Gasteiger partial charge on any atom is -0.462 e. The molecule has 2 rings (SSSR count). The van der Waals surface area contributed by atoms with Crippen molar-refractivity contribution in [3.05, 3.63) is 57.9 Å². The number of aromatic nitrogens is 1. The molecule has 1 aromatic carbocycles. The predicted octanol–water partition coefficient (Wildman–Crippen LogP) is 2.48. The van der Waals surface area contributed by atoms with E-state index in [2.05, 4.69) is 10.3 Å². The molecular formula is C21H27N3O4. The third kappa shape index (κ3) is 4.86. The molecule has 0 saturated carbocycles. The number of amides is 1. The lowest BCUT2D eigenvalue weighted by atomic mass is 10.0. The zero-order chi connectivity index (χ0) is 20.8. The summed E-state index contributed by atoms with van der Waals surface area (Å²) in [5, 5.41) is 2.58. The van der Waals surface area contributed by atoms with Crippen molar-refractivity contribution >= 4 is 17.7 Å². The standard InChI is InChI=1S/C21H27N3O4/c1-6-28-21(27)19-14(3)23-13(2)18(19)17(25)12-24(5)11-15-7-9-16(10-8-15)20(26)22-4/h7-10,23H,6,11-12H2,1-5H3,(H,22,26). The quantitative estimate of drug-likeness (QED) is 0.538. The van der Waals surface area contributed by atoms with Gasteiger partial charge < -0.3 is 15.0 Å². The molecule has 0 unspecified atom stereocenters. The zero-order valence-corrected chi connectivity index (χ0v) is 17.0. The van der Waals surface area contributed by atoms with Crippen molar-refractivity contribution < 1.29 is 19.1 Å². The monoisotopic (exact) mass is 385 g/mol. The Labute approximate surface area is 165 Å².